The van der Waals surface area contributed by atoms with E-state index in [2.05, 4.69) is 4.57 Å². The number of esters is 1. The number of fused-ring (bicyclic) bond motifs is 1. The fourth-order valence-corrected chi connectivity index (χ4v) is 4.85. The molecular weight excluding hydrogens is 460 g/mol. The zero-order valence-electron chi connectivity index (χ0n) is 18.5. The number of nitrogens with zero attached hydrogens (tertiary/aromatic N) is 2. The van der Waals surface area contributed by atoms with Crippen LogP contribution in [0.2, 0.25) is 5.02 Å². The Kier molecular flexibility index (Phi) is 6.63. The molecule has 2 heterocycles. The minimum atomic E-state index is -0.610. The van der Waals surface area contributed by atoms with Crippen molar-refractivity contribution < 1.29 is 19.1 Å². The molecule has 0 aliphatic carbocycles. The van der Waals surface area contributed by atoms with Crippen molar-refractivity contribution in [2.45, 2.75) is 33.4 Å². The van der Waals surface area contributed by atoms with Crippen molar-refractivity contribution in [3.8, 4) is 0 Å². The molecule has 33 heavy (non-hydrogen) atoms. The summed E-state index contributed by atoms with van der Waals surface area (Å²) < 4.78 is 7.23. The number of hydrogen-bond acceptors (Lipinski definition) is 5. The maximum absolute atomic E-state index is 12.9. The Bertz CT molecular complexity index is 1290. The van der Waals surface area contributed by atoms with Crippen molar-refractivity contribution in [3.63, 3.8) is 0 Å². The number of thioether (sulfide) groups is 1. The van der Waals surface area contributed by atoms with Crippen LogP contribution in [-0.2, 0) is 20.9 Å². The Hall–Kier alpha value is -3.03. The molecule has 2 amide bonds. The highest BCUT2D eigenvalue weighted by atomic mass is 35.5. The summed E-state index contributed by atoms with van der Waals surface area (Å²) in [5, 5.41) is 1.17. The second kappa shape index (κ2) is 9.45. The van der Waals surface area contributed by atoms with Crippen molar-refractivity contribution in [2.75, 3.05) is 6.54 Å². The Morgan fingerprint density at radius 2 is 1.82 bits per heavy atom. The molecule has 1 aromatic heterocycles. The van der Waals surface area contributed by atoms with Crippen LogP contribution in [0.25, 0.3) is 17.0 Å². The molecular formula is C25H23ClN2O4S. The molecule has 0 atom stereocenters. The number of para-hydroxylation sites is 1. The van der Waals surface area contributed by atoms with Gasteiger partial charge in [0.05, 0.1) is 11.0 Å². The zero-order chi connectivity index (χ0) is 23.7. The van der Waals surface area contributed by atoms with Gasteiger partial charge in [0.1, 0.15) is 6.54 Å². The molecule has 1 fully saturated rings. The average molecular weight is 483 g/mol. The van der Waals surface area contributed by atoms with E-state index < -0.39 is 23.7 Å². The smallest absolute Gasteiger partial charge is 0.326 e. The molecule has 0 spiro atoms. The third-order valence-electron chi connectivity index (χ3n) is 5.37. The summed E-state index contributed by atoms with van der Waals surface area (Å²) in [6.07, 6.45) is 1.42. The number of halogens is 1. The van der Waals surface area contributed by atoms with E-state index in [1.54, 1.807) is 19.9 Å². The second-order valence-corrected chi connectivity index (χ2v) is 9.40. The number of ether oxygens (including phenoxy) is 1. The number of aromatic nitrogens is 1. The molecule has 1 saturated heterocycles. The Labute approximate surface area is 201 Å². The monoisotopic (exact) mass is 482 g/mol. The topological polar surface area (TPSA) is 68.6 Å². The van der Waals surface area contributed by atoms with E-state index in [0.29, 0.717) is 11.6 Å². The van der Waals surface area contributed by atoms with Crippen molar-refractivity contribution >= 4 is 57.5 Å². The van der Waals surface area contributed by atoms with Gasteiger partial charge in [-0.15, -0.1) is 0 Å². The van der Waals surface area contributed by atoms with Gasteiger partial charge < -0.3 is 9.30 Å². The standard InChI is InChI=1S/C25H23ClN2O4S/c1-15(2)32-23(29)14-28-24(30)22(33-25(28)31)12-19-16(3)27(21-11-7-5-9-18(19)21)13-17-8-4-6-10-20(17)26/h4-12,15H,13-14H2,1-3H3/b22-12+. The van der Waals surface area contributed by atoms with Crippen LogP contribution in [0.5, 0.6) is 0 Å². The number of carbonyl (C=O) groups excluding carboxylic acids is 3. The summed E-state index contributed by atoms with van der Waals surface area (Å²) in [5.74, 6) is -1.10. The lowest BCUT2D eigenvalue weighted by Gasteiger charge is -2.13. The summed E-state index contributed by atoms with van der Waals surface area (Å²) in [5.41, 5.74) is 3.79. The maximum Gasteiger partial charge on any atom is 0.326 e. The highest BCUT2D eigenvalue weighted by molar-refractivity contribution is 8.18. The van der Waals surface area contributed by atoms with Gasteiger partial charge in [0.15, 0.2) is 0 Å². The van der Waals surface area contributed by atoms with Crippen LogP contribution in [0.15, 0.2) is 53.4 Å². The number of hydrogen-bond donors (Lipinski definition) is 0. The van der Waals surface area contributed by atoms with Crippen LogP contribution in [0.4, 0.5) is 4.79 Å². The minimum absolute atomic E-state index is 0.279. The average Bonchev–Trinajstić information content (AvgIpc) is 3.18. The number of benzene rings is 2. The van der Waals surface area contributed by atoms with Crippen molar-refractivity contribution in [1.29, 1.82) is 0 Å². The Morgan fingerprint density at radius 1 is 1.12 bits per heavy atom. The normalized spacial score (nSPS) is 15.3. The lowest BCUT2D eigenvalue weighted by Crippen LogP contribution is -2.35. The first-order valence-corrected chi connectivity index (χ1v) is 11.7. The highest BCUT2D eigenvalue weighted by Crippen LogP contribution is 2.36. The van der Waals surface area contributed by atoms with E-state index in [9.17, 15) is 14.4 Å². The molecule has 0 N–H and O–H groups in total. The molecule has 6 nitrogen and oxygen atoms in total. The molecule has 170 valence electrons. The molecule has 0 saturated carbocycles. The van der Waals surface area contributed by atoms with E-state index in [1.165, 1.54) is 0 Å². The third-order valence-corrected chi connectivity index (χ3v) is 6.65. The summed E-state index contributed by atoms with van der Waals surface area (Å²) >= 11 is 7.22. The van der Waals surface area contributed by atoms with E-state index in [-0.39, 0.29) is 11.0 Å². The number of amides is 2. The van der Waals surface area contributed by atoms with Gasteiger partial charge in [-0.3, -0.25) is 19.3 Å². The van der Waals surface area contributed by atoms with Gasteiger partial charge in [0.2, 0.25) is 0 Å². The van der Waals surface area contributed by atoms with Gasteiger partial charge in [-0.1, -0.05) is 48.0 Å². The van der Waals surface area contributed by atoms with E-state index in [1.807, 2.05) is 55.5 Å². The number of imide groups is 1. The third kappa shape index (κ3) is 4.70. The number of rotatable bonds is 6. The summed E-state index contributed by atoms with van der Waals surface area (Å²) in [4.78, 5) is 38.6. The van der Waals surface area contributed by atoms with Crippen LogP contribution in [0.1, 0.15) is 30.7 Å². The van der Waals surface area contributed by atoms with Crippen LogP contribution in [0.3, 0.4) is 0 Å². The molecule has 0 radical (unpaired) electrons. The Balaban J connectivity index is 1.70. The van der Waals surface area contributed by atoms with Crippen LogP contribution in [-0.4, -0.2) is 39.2 Å². The predicted octanol–water partition coefficient (Wildman–Crippen LogP) is 5.64. The SMILES string of the molecule is Cc1c(/C=C2/SC(=O)N(CC(=O)OC(C)C)C2=O)c2ccccc2n1Cc1ccccc1Cl. The predicted molar refractivity (Wildman–Crippen MR) is 131 cm³/mol. The molecule has 4 rings (SSSR count). The molecule has 3 aromatic rings. The molecule has 1 aliphatic rings. The van der Waals surface area contributed by atoms with Crippen LogP contribution >= 0.6 is 23.4 Å². The lowest BCUT2D eigenvalue weighted by atomic mass is 10.1. The maximum atomic E-state index is 12.9. The minimum Gasteiger partial charge on any atom is -0.462 e. The van der Waals surface area contributed by atoms with Crippen LogP contribution < -0.4 is 0 Å². The van der Waals surface area contributed by atoms with Gasteiger partial charge in [-0.25, -0.2) is 0 Å². The van der Waals surface area contributed by atoms with Gasteiger partial charge in [-0.05, 0) is 56.3 Å². The molecule has 2 aromatic carbocycles. The zero-order valence-corrected chi connectivity index (χ0v) is 20.1. The quantitative estimate of drug-likeness (QED) is 0.336. The van der Waals surface area contributed by atoms with Crippen LogP contribution in [0, 0.1) is 6.92 Å². The van der Waals surface area contributed by atoms with E-state index >= 15 is 0 Å². The Morgan fingerprint density at radius 3 is 2.55 bits per heavy atom. The summed E-state index contributed by atoms with van der Waals surface area (Å²) in [7, 11) is 0. The van der Waals surface area contributed by atoms with Crippen molar-refractivity contribution in [2.24, 2.45) is 0 Å². The molecule has 0 unspecified atom stereocenters. The van der Waals surface area contributed by atoms with Gasteiger partial charge in [0, 0.05) is 33.7 Å². The molecule has 1 aliphatic heterocycles. The highest BCUT2D eigenvalue weighted by Gasteiger charge is 2.37. The summed E-state index contributed by atoms with van der Waals surface area (Å²) in [6.45, 7) is 5.59. The molecule has 8 heteroatoms. The lowest BCUT2D eigenvalue weighted by molar-refractivity contribution is -0.149. The fourth-order valence-electron chi connectivity index (χ4n) is 3.84. The first-order valence-electron chi connectivity index (χ1n) is 10.5. The van der Waals surface area contributed by atoms with Gasteiger partial charge >= 0.3 is 5.97 Å². The second-order valence-electron chi connectivity index (χ2n) is 8.00. The number of carbonyl (C=O) groups is 3. The first kappa shape index (κ1) is 23.1. The fraction of sp³-hybridized carbons (Fsp3) is 0.240. The van der Waals surface area contributed by atoms with Gasteiger partial charge in [0.25, 0.3) is 11.1 Å². The van der Waals surface area contributed by atoms with E-state index in [0.717, 1.165) is 44.4 Å². The summed E-state index contributed by atoms with van der Waals surface area (Å²) in [6, 6.07) is 15.6. The van der Waals surface area contributed by atoms with Gasteiger partial charge in [-0.2, -0.15) is 0 Å². The molecule has 0 bridgehead atoms. The first-order chi connectivity index (χ1) is 15.8. The van der Waals surface area contributed by atoms with E-state index in [4.69, 9.17) is 16.3 Å². The van der Waals surface area contributed by atoms with Crippen molar-refractivity contribution in [3.05, 3.63) is 75.3 Å². The largest absolute Gasteiger partial charge is 0.462 e. The van der Waals surface area contributed by atoms with Crippen molar-refractivity contribution in [1.82, 2.24) is 9.47 Å².